The van der Waals surface area contributed by atoms with Gasteiger partial charge in [0.25, 0.3) is 5.91 Å². The lowest BCUT2D eigenvalue weighted by Gasteiger charge is -2.13. The van der Waals surface area contributed by atoms with Crippen LogP contribution in [0.1, 0.15) is 11.1 Å². The van der Waals surface area contributed by atoms with E-state index in [1.165, 1.54) is 17.0 Å². The number of carbonyl (C=O) groups excluding carboxylic acids is 1. The molecule has 0 spiro atoms. The summed E-state index contributed by atoms with van der Waals surface area (Å²) in [6.45, 7) is 1.97. The predicted molar refractivity (Wildman–Crippen MR) is 95.5 cm³/mol. The lowest BCUT2D eigenvalue weighted by atomic mass is 10.1. The van der Waals surface area contributed by atoms with Crippen molar-refractivity contribution >= 4 is 46.6 Å². The first-order chi connectivity index (χ1) is 11.0. The molecule has 2 aromatic rings. The third kappa shape index (κ3) is 3.06. The van der Waals surface area contributed by atoms with Crippen molar-refractivity contribution in [1.82, 2.24) is 5.32 Å². The molecule has 4 nitrogen and oxygen atoms in total. The number of nitrogens with zero attached hydrogens (tertiary/aromatic N) is 1. The highest BCUT2D eigenvalue weighted by atomic mass is 35.5. The van der Waals surface area contributed by atoms with Crippen LogP contribution in [-0.2, 0) is 4.79 Å². The van der Waals surface area contributed by atoms with Crippen LogP contribution in [0.25, 0.3) is 6.08 Å². The number of phenolic OH excluding ortho intramolecular Hbond substituents is 1. The Kier molecular flexibility index (Phi) is 4.07. The van der Waals surface area contributed by atoms with E-state index in [0.717, 1.165) is 5.56 Å². The van der Waals surface area contributed by atoms with Gasteiger partial charge >= 0.3 is 0 Å². The van der Waals surface area contributed by atoms with Crippen LogP contribution in [0.2, 0.25) is 5.02 Å². The van der Waals surface area contributed by atoms with E-state index in [0.29, 0.717) is 21.4 Å². The van der Waals surface area contributed by atoms with E-state index in [1.54, 1.807) is 12.1 Å². The highest BCUT2D eigenvalue weighted by molar-refractivity contribution is 7.80. The highest BCUT2D eigenvalue weighted by Crippen LogP contribution is 2.27. The SMILES string of the molecule is Cc1ccc(N2C(=O)/C(=C\c3cc(Cl)ccc3O)NC2=S)cc1. The summed E-state index contributed by atoms with van der Waals surface area (Å²) in [5, 5.41) is 13.5. The van der Waals surface area contributed by atoms with Gasteiger partial charge in [-0.05, 0) is 55.5 Å². The van der Waals surface area contributed by atoms with Gasteiger partial charge in [-0.15, -0.1) is 0 Å². The summed E-state index contributed by atoms with van der Waals surface area (Å²) in [6, 6.07) is 12.1. The van der Waals surface area contributed by atoms with Crippen LogP contribution in [0, 0.1) is 6.92 Å². The van der Waals surface area contributed by atoms with E-state index >= 15 is 0 Å². The van der Waals surface area contributed by atoms with Crippen LogP contribution in [0.5, 0.6) is 5.75 Å². The summed E-state index contributed by atoms with van der Waals surface area (Å²) >= 11 is 11.2. The third-order valence-electron chi connectivity index (χ3n) is 3.46. The number of phenols is 1. The van der Waals surface area contributed by atoms with Crippen LogP contribution in [0.4, 0.5) is 5.69 Å². The second-order valence-corrected chi connectivity index (χ2v) is 5.99. The maximum atomic E-state index is 12.6. The highest BCUT2D eigenvalue weighted by Gasteiger charge is 2.32. The van der Waals surface area contributed by atoms with E-state index in [9.17, 15) is 9.90 Å². The maximum Gasteiger partial charge on any atom is 0.281 e. The molecule has 1 fully saturated rings. The number of halogens is 1. The van der Waals surface area contributed by atoms with E-state index in [2.05, 4.69) is 5.32 Å². The van der Waals surface area contributed by atoms with Gasteiger partial charge in [-0.1, -0.05) is 29.3 Å². The molecule has 2 aromatic carbocycles. The minimum atomic E-state index is -0.279. The monoisotopic (exact) mass is 344 g/mol. The Hall–Kier alpha value is -2.37. The summed E-state index contributed by atoms with van der Waals surface area (Å²) in [5.74, 6) is -0.241. The van der Waals surface area contributed by atoms with Gasteiger partial charge < -0.3 is 10.4 Å². The Labute approximate surface area is 144 Å². The van der Waals surface area contributed by atoms with E-state index in [4.69, 9.17) is 23.8 Å². The van der Waals surface area contributed by atoms with Gasteiger partial charge in [0.15, 0.2) is 5.11 Å². The fourth-order valence-electron chi connectivity index (χ4n) is 2.26. The zero-order valence-corrected chi connectivity index (χ0v) is 13.8. The number of rotatable bonds is 2. The summed E-state index contributed by atoms with van der Waals surface area (Å²) in [6.07, 6.45) is 1.53. The number of benzene rings is 2. The zero-order valence-electron chi connectivity index (χ0n) is 12.2. The van der Waals surface area contributed by atoms with Crippen LogP contribution >= 0.6 is 23.8 Å². The summed E-state index contributed by atoms with van der Waals surface area (Å²) in [7, 11) is 0. The topological polar surface area (TPSA) is 52.6 Å². The van der Waals surface area contributed by atoms with Gasteiger partial charge in [-0.25, -0.2) is 0 Å². The summed E-state index contributed by atoms with van der Waals surface area (Å²) in [4.78, 5) is 14.0. The standard InChI is InChI=1S/C17H13ClN2O2S/c1-10-2-5-13(6-3-10)20-16(22)14(19-17(20)23)9-11-8-12(18)4-7-15(11)21/h2-9,21H,1H3,(H,19,23)/b14-9+. The minimum Gasteiger partial charge on any atom is -0.507 e. The van der Waals surface area contributed by atoms with E-state index in [1.807, 2.05) is 31.2 Å². The number of aromatic hydroxyl groups is 1. The van der Waals surface area contributed by atoms with Crippen molar-refractivity contribution < 1.29 is 9.90 Å². The first-order valence-electron chi connectivity index (χ1n) is 6.88. The molecule has 0 unspecified atom stereocenters. The average Bonchev–Trinajstić information content (AvgIpc) is 2.79. The van der Waals surface area contributed by atoms with Crippen molar-refractivity contribution in [3.63, 3.8) is 0 Å². The zero-order chi connectivity index (χ0) is 16.6. The molecule has 1 heterocycles. The number of amides is 1. The molecule has 0 aliphatic carbocycles. The fourth-order valence-corrected chi connectivity index (χ4v) is 2.74. The molecule has 0 atom stereocenters. The number of hydrogen-bond donors (Lipinski definition) is 2. The smallest absolute Gasteiger partial charge is 0.281 e. The lowest BCUT2D eigenvalue weighted by molar-refractivity contribution is -0.113. The molecular formula is C17H13ClN2O2S. The molecule has 0 bridgehead atoms. The van der Waals surface area contributed by atoms with Crippen molar-refractivity contribution in [1.29, 1.82) is 0 Å². The van der Waals surface area contributed by atoms with Crippen molar-refractivity contribution in [2.75, 3.05) is 4.90 Å². The molecule has 1 amide bonds. The van der Waals surface area contributed by atoms with Crippen molar-refractivity contribution in [3.8, 4) is 5.75 Å². The van der Waals surface area contributed by atoms with Crippen LogP contribution in [0.3, 0.4) is 0 Å². The van der Waals surface area contributed by atoms with Gasteiger partial charge in [-0.3, -0.25) is 9.69 Å². The molecule has 0 saturated carbocycles. The first-order valence-corrected chi connectivity index (χ1v) is 7.66. The normalized spacial score (nSPS) is 16.1. The van der Waals surface area contributed by atoms with Crippen LogP contribution in [-0.4, -0.2) is 16.1 Å². The number of hydrogen-bond acceptors (Lipinski definition) is 3. The van der Waals surface area contributed by atoms with Gasteiger partial charge in [0.1, 0.15) is 11.4 Å². The number of thiocarbonyl (C=S) groups is 1. The molecule has 23 heavy (non-hydrogen) atoms. The molecule has 116 valence electrons. The minimum absolute atomic E-state index is 0.0382. The molecular weight excluding hydrogens is 332 g/mol. The van der Waals surface area contributed by atoms with Crippen molar-refractivity contribution in [2.24, 2.45) is 0 Å². The van der Waals surface area contributed by atoms with Gasteiger partial charge in [0, 0.05) is 10.6 Å². The van der Waals surface area contributed by atoms with E-state index < -0.39 is 0 Å². The number of nitrogens with one attached hydrogen (secondary N) is 1. The Morgan fingerprint density at radius 1 is 1.22 bits per heavy atom. The van der Waals surface area contributed by atoms with Crippen LogP contribution < -0.4 is 10.2 Å². The summed E-state index contributed by atoms with van der Waals surface area (Å²) < 4.78 is 0. The van der Waals surface area contributed by atoms with Crippen molar-refractivity contribution in [3.05, 3.63) is 64.3 Å². The molecule has 6 heteroatoms. The largest absolute Gasteiger partial charge is 0.507 e. The molecule has 2 N–H and O–H groups in total. The second-order valence-electron chi connectivity index (χ2n) is 5.17. The van der Waals surface area contributed by atoms with Crippen LogP contribution in [0.15, 0.2) is 48.2 Å². The van der Waals surface area contributed by atoms with E-state index in [-0.39, 0.29) is 17.4 Å². The quantitative estimate of drug-likeness (QED) is 0.645. The predicted octanol–water partition coefficient (Wildman–Crippen LogP) is 3.62. The molecule has 0 radical (unpaired) electrons. The first kappa shape index (κ1) is 15.5. The average molecular weight is 345 g/mol. The van der Waals surface area contributed by atoms with Gasteiger partial charge in [0.05, 0.1) is 5.69 Å². The fraction of sp³-hybridized carbons (Fsp3) is 0.0588. The van der Waals surface area contributed by atoms with Gasteiger partial charge in [0.2, 0.25) is 0 Å². The summed E-state index contributed by atoms with van der Waals surface area (Å²) in [5.41, 5.74) is 2.52. The maximum absolute atomic E-state index is 12.6. The Morgan fingerprint density at radius 3 is 2.61 bits per heavy atom. The molecule has 1 aliphatic heterocycles. The number of aryl methyl sites for hydroxylation is 1. The Morgan fingerprint density at radius 2 is 1.91 bits per heavy atom. The number of anilines is 1. The Bertz CT molecular complexity index is 831. The second kappa shape index (κ2) is 6.02. The molecule has 1 saturated heterocycles. The van der Waals surface area contributed by atoms with Crippen molar-refractivity contribution in [2.45, 2.75) is 6.92 Å². The Balaban J connectivity index is 1.96. The molecule has 3 rings (SSSR count). The lowest BCUT2D eigenvalue weighted by Crippen LogP contribution is -2.30. The molecule has 1 aliphatic rings. The third-order valence-corrected chi connectivity index (χ3v) is 3.98. The number of carbonyl (C=O) groups is 1. The van der Waals surface area contributed by atoms with Gasteiger partial charge in [-0.2, -0.15) is 0 Å². The molecule has 0 aromatic heterocycles.